The molecule has 0 aromatic rings. The van der Waals surface area contributed by atoms with Crippen LogP contribution in [-0.4, -0.2) is 21.5 Å². The molecular weight excluding hydrogens is 244 g/mol. The molecule has 80 valence electrons. The number of halogens is 3. The molecule has 2 rings (SSSR count). The molecule has 0 aromatic carbocycles. The Morgan fingerprint density at radius 1 is 1.57 bits per heavy atom. The fourth-order valence-corrected chi connectivity index (χ4v) is 2.60. The first kappa shape index (κ1) is 10.9. The monoisotopic (exact) mass is 255 g/mol. The quantitative estimate of drug-likeness (QED) is 0.703. The van der Waals surface area contributed by atoms with Crippen molar-refractivity contribution < 1.29 is 4.84 Å². The van der Waals surface area contributed by atoms with E-state index in [-0.39, 0.29) is 12.1 Å². The highest BCUT2D eigenvalue weighted by atomic mass is 35.5. The third-order valence-electron chi connectivity index (χ3n) is 2.58. The largest absolute Gasteiger partial charge is 0.411 e. The fraction of sp³-hybridized carbons (Fsp3) is 0.778. The summed E-state index contributed by atoms with van der Waals surface area (Å²) in [6, 6.07) is 0.145. The van der Waals surface area contributed by atoms with Gasteiger partial charge in [-0.05, 0) is 5.92 Å². The average Bonchev–Trinajstić information content (AvgIpc) is 2.54. The zero-order valence-corrected chi connectivity index (χ0v) is 10.3. The third kappa shape index (κ3) is 1.73. The van der Waals surface area contributed by atoms with Crippen molar-refractivity contribution in [3.05, 3.63) is 11.3 Å². The van der Waals surface area contributed by atoms with Crippen LogP contribution in [0, 0.1) is 5.92 Å². The normalized spacial score (nSPS) is 35.7. The van der Waals surface area contributed by atoms with Crippen molar-refractivity contribution in [2.24, 2.45) is 5.92 Å². The van der Waals surface area contributed by atoms with Crippen LogP contribution >= 0.6 is 34.8 Å². The van der Waals surface area contributed by atoms with Gasteiger partial charge < -0.3 is 4.84 Å². The van der Waals surface area contributed by atoms with Crippen molar-refractivity contribution in [1.82, 2.24) is 5.06 Å². The Bertz CT molecular complexity index is 277. The Hall–Kier alpha value is 0.370. The molecule has 0 radical (unpaired) electrons. The Balaban J connectivity index is 2.08. The fourth-order valence-electron chi connectivity index (χ4n) is 1.72. The van der Waals surface area contributed by atoms with E-state index in [0.29, 0.717) is 5.92 Å². The van der Waals surface area contributed by atoms with Crippen LogP contribution in [0.25, 0.3) is 0 Å². The van der Waals surface area contributed by atoms with Crippen molar-refractivity contribution in [3.8, 4) is 0 Å². The second-order valence-electron chi connectivity index (χ2n) is 4.14. The molecule has 0 spiro atoms. The van der Waals surface area contributed by atoms with Crippen LogP contribution in [0.5, 0.6) is 0 Å². The number of hydrogen-bond donors (Lipinski definition) is 0. The molecule has 1 saturated carbocycles. The predicted octanol–water partition coefficient (Wildman–Crippen LogP) is 3.28. The standard InChI is InChI=1S/C9H12Cl3NO/c1-5(2)8-6(10)4-14-13(8)7-3-9(7,11)12/h4-5,7-8H,3H2,1-2H3. The Labute approximate surface area is 98.7 Å². The molecule has 1 aliphatic carbocycles. The number of nitrogens with zero attached hydrogens (tertiary/aromatic N) is 1. The summed E-state index contributed by atoms with van der Waals surface area (Å²) in [5, 5.41) is 2.53. The molecule has 1 fully saturated rings. The van der Waals surface area contributed by atoms with Crippen LogP contribution in [0.2, 0.25) is 0 Å². The van der Waals surface area contributed by atoms with Gasteiger partial charge in [-0.15, -0.1) is 5.06 Å². The lowest BCUT2D eigenvalue weighted by molar-refractivity contribution is -0.122. The summed E-state index contributed by atoms with van der Waals surface area (Å²) in [6.07, 6.45) is 2.30. The molecule has 2 aliphatic rings. The first-order chi connectivity index (χ1) is 6.43. The molecule has 14 heavy (non-hydrogen) atoms. The SMILES string of the molecule is CC(C)C1C(Cl)=CON1C1CC1(Cl)Cl. The van der Waals surface area contributed by atoms with Gasteiger partial charge in [-0.1, -0.05) is 48.7 Å². The third-order valence-corrected chi connectivity index (χ3v) is 3.70. The number of hydrogen-bond acceptors (Lipinski definition) is 2. The lowest BCUT2D eigenvalue weighted by Gasteiger charge is -2.26. The van der Waals surface area contributed by atoms with E-state index >= 15 is 0 Å². The second-order valence-corrected chi connectivity index (χ2v) is 6.12. The van der Waals surface area contributed by atoms with E-state index in [1.54, 1.807) is 6.26 Å². The topological polar surface area (TPSA) is 12.5 Å². The smallest absolute Gasteiger partial charge is 0.138 e. The highest BCUT2D eigenvalue weighted by Gasteiger charge is 2.59. The minimum atomic E-state index is -0.664. The minimum Gasteiger partial charge on any atom is -0.411 e. The highest BCUT2D eigenvalue weighted by Crippen LogP contribution is 2.53. The van der Waals surface area contributed by atoms with Gasteiger partial charge in [-0.2, -0.15) is 0 Å². The Morgan fingerprint density at radius 2 is 2.14 bits per heavy atom. The second kappa shape index (κ2) is 3.44. The first-order valence-corrected chi connectivity index (χ1v) is 5.75. The van der Waals surface area contributed by atoms with Crippen LogP contribution in [0.1, 0.15) is 20.3 Å². The van der Waals surface area contributed by atoms with Crippen LogP contribution in [0.3, 0.4) is 0 Å². The summed E-state index contributed by atoms with van der Waals surface area (Å²) in [6.45, 7) is 4.18. The van der Waals surface area contributed by atoms with Gasteiger partial charge in [0.25, 0.3) is 0 Å². The highest BCUT2D eigenvalue weighted by molar-refractivity contribution is 6.51. The Morgan fingerprint density at radius 3 is 2.57 bits per heavy atom. The van der Waals surface area contributed by atoms with E-state index < -0.39 is 4.33 Å². The summed E-state index contributed by atoms with van der Waals surface area (Å²) in [5.74, 6) is 0.381. The van der Waals surface area contributed by atoms with E-state index in [1.165, 1.54) is 0 Å². The van der Waals surface area contributed by atoms with E-state index in [2.05, 4.69) is 13.8 Å². The lowest BCUT2D eigenvalue weighted by Crippen LogP contribution is -2.37. The number of rotatable bonds is 2. The molecular formula is C9H12Cl3NO. The minimum absolute atomic E-state index is 0.0609. The van der Waals surface area contributed by atoms with Crippen molar-refractivity contribution >= 4 is 34.8 Å². The summed E-state index contributed by atoms with van der Waals surface area (Å²) in [4.78, 5) is 5.37. The van der Waals surface area contributed by atoms with Gasteiger partial charge >= 0.3 is 0 Å². The Kier molecular flexibility index (Phi) is 2.68. The maximum absolute atomic E-state index is 6.04. The molecule has 0 amide bonds. The average molecular weight is 257 g/mol. The van der Waals surface area contributed by atoms with E-state index in [4.69, 9.17) is 39.6 Å². The molecule has 1 aliphatic heterocycles. The number of alkyl halides is 2. The van der Waals surface area contributed by atoms with Crippen molar-refractivity contribution in [2.75, 3.05) is 0 Å². The van der Waals surface area contributed by atoms with Gasteiger partial charge in [0.1, 0.15) is 10.6 Å². The van der Waals surface area contributed by atoms with Gasteiger partial charge in [0, 0.05) is 6.42 Å². The zero-order valence-electron chi connectivity index (χ0n) is 8.01. The van der Waals surface area contributed by atoms with Gasteiger partial charge in [-0.25, -0.2) is 0 Å². The van der Waals surface area contributed by atoms with E-state index in [1.807, 2.05) is 5.06 Å². The molecule has 1 heterocycles. The van der Waals surface area contributed by atoms with Crippen molar-refractivity contribution in [2.45, 2.75) is 36.7 Å². The van der Waals surface area contributed by atoms with Crippen LogP contribution in [-0.2, 0) is 4.84 Å². The van der Waals surface area contributed by atoms with E-state index in [9.17, 15) is 0 Å². The molecule has 0 N–H and O–H groups in total. The lowest BCUT2D eigenvalue weighted by atomic mass is 10.0. The van der Waals surface area contributed by atoms with Crippen LogP contribution in [0.4, 0.5) is 0 Å². The summed E-state index contributed by atoms with van der Waals surface area (Å²) in [5.41, 5.74) is 0. The van der Waals surface area contributed by atoms with E-state index in [0.717, 1.165) is 11.5 Å². The van der Waals surface area contributed by atoms with Gasteiger partial charge in [0.05, 0.1) is 17.1 Å². The van der Waals surface area contributed by atoms with Gasteiger partial charge in [0.15, 0.2) is 0 Å². The first-order valence-electron chi connectivity index (χ1n) is 4.62. The predicted molar refractivity (Wildman–Crippen MR) is 58.3 cm³/mol. The molecule has 0 bridgehead atoms. The molecule has 0 aromatic heterocycles. The summed E-state index contributed by atoms with van der Waals surface area (Å²) < 4.78 is -0.664. The van der Waals surface area contributed by atoms with Crippen LogP contribution in [0.15, 0.2) is 11.3 Å². The summed E-state index contributed by atoms with van der Waals surface area (Å²) in [7, 11) is 0. The molecule has 5 heteroatoms. The maximum atomic E-state index is 6.04. The van der Waals surface area contributed by atoms with Gasteiger partial charge in [0.2, 0.25) is 0 Å². The van der Waals surface area contributed by atoms with Gasteiger partial charge in [-0.3, -0.25) is 0 Å². The van der Waals surface area contributed by atoms with Crippen LogP contribution < -0.4 is 0 Å². The summed E-state index contributed by atoms with van der Waals surface area (Å²) >= 11 is 18.0. The maximum Gasteiger partial charge on any atom is 0.138 e. The molecule has 2 atom stereocenters. The van der Waals surface area contributed by atoms with Crippen molar-refractivity contribution in [3.63, 3.8) is 0 Å². The number of hydroxylamine groups is 2. The molecule has 2 unspecified atom stereocenters. The molecule has 0 saturated heterocycles. The van der Waals surface area contributed by atoms with Crippen molar-refractivity contribution in [1.29, 1.82) is 0 Å². The molecule has 2 nitrogen and oxygen atoms in total. The zero-order chi connectivity index (χ0) is 10.5.